The van der Waals surface area contributed by atoms with Gasteiger partial charge in [-0.3, -0.25) is 10.3 Å². The summed E-state index contributed by atoms with van der Waals surface area (Å²) in [4.78, 5) is 30.4. The van der Waals surface area contributed by atoms with Gasteiger partial charge in [0.1, 0.15) is 12.2 Å². The van der Waals surface area contributed by atoms with E-state index in [4.69, 9.17) is 0 Å². The van der Waals surface area contributed by atoms with Gasteiger partial charge in [-0.05, 0) is 43.9 Å². The summed E-state index contributed by atoms with van der Waals surface area (Å²) in [7, 11) is 0. The van der Waals surface area contributed by atoms with Crippen molar-refractivity contribution in [1.29, 1.82) is 0 Å². The summed E-state index contributed by atoms with van der Waals surface area (Å²) >= 11 is 0. The molecule has 0 spiro atoms. The molecule has 1 aliphatic rings. The Balaban J connectivity index is 2.10. The molecule has 3 rings (SSSR count). The summed E-state index contributed by atoms with van der Waals surface area (Å²) in [6.07, 6.45) is 4.41. The van der Waals surface area contributed by atoms with Crippen LogP contribution in [0.2, 0.25) is 0 Å². The third-order valence-corrected chi connectivity index (χ3v) is 5.33. The fraction of sp³-hybridized carbons (Fsp3) is 0.381. The standard InChI is InChI=1S/C21H25N3O2/c1-5-15(2)17-6-8-18(9-7-17)24(14-16-10-12-22-13-11-16)19(25)21(3,4)23-20(24)26/h6-13,15H,5,14H2,1-4H3/p+1. The number of amides is 3. The van der Waals surface area contributed by atoms with E-state index < -0.39 is 5.54 Å². The summed E-state index contributed by atoms with van der Waals surface area (Å²) in [6, 6.07) is 11.3. The van der Waals surface area contributed by atoms with Crippen LogP contribution in [0.1, 0.15) is 51.2 Å². The van der Waals surface area contributed by atoms with E-state index in [-0.39, 0.29) is 23.0 Å². The van der Waals surface area contributed by atoms with Gasteiger partial charge in [-0.25, -0.2) is 9.59 Å². The number of hydrogen-bond donors (Lipinski definition) is 1. The average Bonchev–Trinajstić information content (AvgIpc) is 2.82. The number of nitrogens with one attached hydrogen (secondary N) is 1. The van der Waals surface area contributed by atoms with Crippen molar-refractivity contribution in [1.82, 2.24) is 14.8 Å². The van der Waals surface area contributed by atoms with Crippen LogP contribution in [0.3, 0.4) is 0 Å². The second-order valence-electron chi connectivity index (χ2n) is 7.58. The predicted octanol–water partition coefficient (Wildman–Crippen LogP) is 4.13. The number of benzene rings is 1. The Kier molecular flexibility index (Phi) is 4.67. The fourth-order valence-corrected chi connectivity index (χ4v) is 3.51. The lowest BCUT2D eigenvalue weighted by Gasteiger charge is -2.28. The van der Waals surface area contributed by atoms with E-state index in [1.165, 1.54) is 5.56 Å². The molecular weight excluding hydrogens is 326 g/mol. The number of rotatable bonds is 5. The molecule has 0 aliphatic carbocycles. The van der Waals surface area contributed by atoms with Gasteiger partial charge < -0.3 is 0 Å². The zero-order valence-corrected chi connectivity index (χ0v) is 15.8. The number of carbonyl (C=O) groups is 2. The zero-order chi connectivity index (χ0) is 18.9. The van der Waals surface area contributed by atoms with Gasteiger partial charge >= 0.3 is 11.9 Å². The third-order valence-electron chi connectivity index (χ3n) is 5.33. The van der Waals surface area contributed by atoms with E-state index in [1.807, 2.05) is 36.4 Å². The fourth-order valence-electron chi connectivity index (χ4n) is 3.51. The minimum Gasteiger partial charge on any atom is -0.287 e. The van der Waals surface area contributed by atoms with Crippen molar-refractivity contribution in [3.63, 3.8) is 0 Å². The summed E-state index contributed by atoms with van der Waals surface area (Å²) in [5.74, 6) is 0.299. The van der Waals surface area contributed by atoms with Crippen molar-refractivity contribution in [2.75, 3.05) is 0 Å². The molecule has 2 unspecified atom stereocenters. The van der Waals surface area contributed by atoms with E-state index >= 15 is 0 Å². The van der Waals surface area contributed by atoms with Crippen LogP contribution in [0.15, 0.2) is 48.8 Å². The van der Waals surface area contributed by atoms with Crippen molar-refractivity contribution >= 4 is 17.6 Å². The maximum absolute atomic E-state index is 13.3. The van der Waals surface area contributed by atoms with Crippen LogP contribution in [-0.4, -0.2) is 22.5 Å². The number of quaternary nitrogens is 1. The van der Waals surface area contributed by atoms with Gasteiger partial charge in [0.2, 0.25) is 0 Å². The Hall–Kier alpha value is -2.53. The molecule has 1 aromatic heterocycles. The van der Waals surface area contributed by atoms with E-state index in [9.17, 15) is 9.59 Å². The molecule has 3 amide bonds. The van der Waals surface area contributed by atoms with Crippen LogP contribution in [0.4, 0.5) is 10.5 Å². The largest absolute Gasteiger partial charge is 0.430 e. The van der Waals surface area contributed by atoms with Gasteiger partial charge in [-0.1, -0.05) is 26.0 Å². The molecule has 2 heterocycles. The lowest BCUT2D eigenvalue weighted by molar-refractivity contribution is -0.130. The maximum atomic E-state index is 13.3. The first kappa shape index (κ1) is 18.3. The minimum atomic E-state index is -0.903. The van der Waals surface area contributed by atoms with Crippen LogP contribution >= 0.6 is 0 Å². The van der Waals surface area contributed by atoms with Crippen LogP contribution < -0.4 is 9.80 Å². The summed E-state index contributed by atoms with van der Waals surface area (Å²) in [5, 5.41) is 2.87. The molecule has 1 fully saturated rings. The van der Waals surface area contributed by atoms with E-state index in [0.717, 1.165) is 12.0 Å². The van der Waals surface area contributed by atoms with Crippen molar-refractivity contribution in [3.05, 3.63) is 59.9 Å². The van der Waals surface area contributed by atoms with Crippen LogP contribution in [0.25, 0.3) is 0 Å². The van der Waals surface area contributed by atoms with E-state index in [2.05, 4.69) is 24.1 Å². The normalized spacial score (nSPS) is 22.9. The topological polar surface area (TPSA) is 59.1 Å². The van der Waals surface area contributed by atoms with Gasteiger partial charge in [0.15, 0.2) is 5.54 Å². The molecule has 0 saturated carbocycles. The van der Waals surface area contributed by atoms with Gasteiger partial charge in [0.25, 0.3) is 0 Å². The number of urea groups is 1. The molecule has 136 valence electrons. The Bertz CT molecular complexity index is 815. The van der Waals surface area contributed by atoms with Crippen molar-refractivity contribution in [2.24, 2.45) is 0 Å². The number of aromatic nitrogens is 1. The minimum absolute atomic E-state index is 0.143. The lowest BCUT2D eigenvalue weighted by atomic mass is 9.97. The van der Waals surface area contributed by atoms with Crippen molar-refractivity contribution in [3.8, 4) is 0 Å². The molecule has 2 aromatic rings. The molecule has 1 N–H and O–H groups in total. The Morgan fingerprint density at radius 1 is 1.08 bits per heavy atom. The molecular formula is C21H26N3O2+. The molecule has 1 aliphatic heterocycles. The highest BCUT2D eigenvalue weighted by Gasteiger charge is 2.61. The maximum Gasteiger partial charge on any atom is 0.430 e. The molecule has 5 heteroatoms. The smallest absolute Gasteiger partial charge is 0.287 e. The third kappa shape index (κ3) is 2.92. The van der Waals surface area contributed by atoms with Crippen molar-refractivity contribution in [2.45, 2.75) is 52.1 Å². The highest BCUT2D eigenvalue weighted by Crippen LogP contribution is 2.36. The SMILES string of the molecule is CCC(C)c1ccc([N+]2(Cc3ccncc3)C(=O)NC(C)(C)C2=O)cc1. The lowest BCUT2D eigenvalue weighted by Crippen LogP contribution is -2.55. The number of nitrogens with zero attached hydrogens (tertiary/aromatic N) is 2. The average molecular weight is 352 g/mol. The monoisotopic (exact) mass is 352 g/mol. The quantitative estimate of drug-likeness (QED) is 0.650. The summed E-state index contributed by atoms with van der Waals surface area (Å²) in [5.41, 5.74) is 1.90. The first-order chi connectivity index (χ1) is 12.3. The van der Waals surface area contributed by atoms with Gasteiger partial charge in [-0.15, -0.1) is 4.48 Å². The second-order valence-corrected chi connectivity index (χ2v) is 7.58. The zero-order valence-electron chi connectivity index (χ0n) is 15.8. The van der Waals surface area contributed by atoms with E-state index in [0.29, 0.717) is 11.6 Å². The van der Waals surface area contributed by atoms with E-state index in [1.54, 1.807) is 26.2 Å². The van der Waals surface area contributed by atoms with Gasteiger partial charge in [0, 0.05) is 30.1 Å². The van der Waals surface area contributed by atoms with Gasteiger partial charge in [-0.2, -0.15) is 0 Å². The number of imide groups is 1. The van der Waals surface area contributed by atoms with Crippen molar-refractivity contribution < 1.29 is 9.59 Å². The van der Waals surface area contributed by atoms with Crippen LogP contribution in [0, 0.1) is 0 Å². The highest BCUT2D eigenvalue weighted by atomic mass is 16.2. The molecule has 2 atom stereocenters. The van der Waals surface area contributed by atoms with Crippen LogP contribution in [-0.2, 0) is 11.3 Å². The molecule has 0 radical (unpaired) electrons. The molecule has 0 bridgehead atoms. The van der Waals surface area contributed by atoms with Gasteiger partial charge in [0.05, 0.1) is 0 Å². The molecule has 1 saturated heterocycles. The Labute approximate surface area is 154 Å². The number of pyridine rings is 1. The van der Waals surface area contributed by atoms with Crippen LogP contribution in [0.5, 0.6) is 0 Å². The summed E-state index contributed by atoms with van der Waals surface area (Å²) in [6.45, 7) is 8.11. The number of hydrogen-bond acceptors (Lipinski definition) is 3. The number of carbonyl (C=O) groups excluding carboxylic acids is 2. The highest BCUT2D eigenvalue weighted by molar-refractivity contribution is 6.17. The molecule has 26 heavy (non-hydrogen) atoms. The second kappa shape index (κ2) is 6.65. The molecule has 1 aromatic carbocycles. The Morgan fingerprint density at radius 3 is 2.19 bits per heavy atom. The first-order valence-electron chi connectivity index (χ1n) is 9.06. The molecule has 5 nitrogen and oxygen atoms in total. The summed E-state index contributed by atoms with van der Waals surface area (Å²) < 4.78 is -0.349. The first-order valence-corrected chi connectivity index (χ1v) is 9.06. The Morgan fingerprint density at radius 2 is 1.69 bits per heavy atom. The predicted molar refractivity (Wildman–Crippen MR) is 103 cm³/mol.